The van der Waals surface area contributed by atoms with Crippen LogP contribution in [0.3, 0.4) is 0 Å². The van der Waals surface area contributed by atoms with Gasteiger partial charge in [0.2, 0.25) is 0 Å². The van der Waals surface area contributed by atoms with Gasteiger partial charge in [0.15, 0.2) is 0 Å². The van der Waals surface area contributed by atoms with Crippen molar-refractivity contribution in [3.63, 3.8) is 0 Å². The van der Waals surface area contributed by atoms with Crippen molar-refractivity contribution in [2.75, 3.05) is 6.54 Å². The third kappa shape index (κ3) is 3.80. The summed E-state index contributed by atoms with van der Waals surface area (Å²) < 4.78 is 67.9. The Morgan fingerprint density at radius 1 is 1.04 bits per heavy atom. The van der Waals surface area contributed by atoms with Crippen LogP contribution in [0, 0.1) is 11.6 Å². The van der Waals surface area contributed by atoms with Crippen LogP contribution < -0.4 is 5.73 Å². The number of nitrogens with two attached hydrogens (primary N) is 1. The maximum absolute atomic E-state index is 14.3. The predicted octanol–water partition coefficient (Wildman–Crippen LogP) is 6.07. The number of rotatable bonds is 5. The van der Waals surface area contributed by atoms with Gasteiger partial charge in [0.25, 0.3) is 0 Å². The van der Waals surface area contributed by atoms with Crippen molar-refractivity contribution in [2.24, 2.45) is 5.73 Å². The van der Waals surface area contributed by atoms with E-state index in [1.807, 2.05) is 0 Å². The molecule has 0 amide bonds. The second-order valence-electron chi connectivity index (χ2n) is 6.19. The summed E-state index contributed by atoms with van der Waals surface area (Å²) in [5, 5.41) is 0.327. The van der Waals surface area contributed by atoms with E-state index < -0.39 is 23.4 Å². The number of aromatic nitrogens is 1. The molecule has 144 valence electrons. The first-order chi connectivity index (χ1) is 12.7. The summed E-state index contributed by atoms with van der Waals surface area (Å²) in [7, 11) is 0. The van der Waals surface area contributed by atoms with Crippen LogP contribution in [0.5, 0.6) is 0 Å². The second-order valence-corrected chi connectivity index (χ2v) is 6.60. The Kier molecular flexibility index (Phi) is 5.44. The van der Waals surface area contributed by atoms with Crippen molar-refractivity contribution in [3.8, 4) is 11.3 Å². The quantitative estimate of drug-likeness (QED) is 0.395. The van der Waals surface area contributed by atoms with Crippen LogP contribution in [0.15, 0.2) is 30.3 Å². The van der Waals surface area contributed by atoms with Crippen LogP contribution in [-0.2, 0) is 12.6 Å². The molecule has 0 atom stereocenters. The highest BCUT2D eigenvalue weighted by Gasteiger charge is 2.35. The molecule has 3 aromatic rings. The Hall–Kier alpha value is -2.12. The van der Waals surface area contributed by atoms with Crippen molar-refractivity contribution in [1.82, 2.24) is 4.98 Å². The molecule has 0 fully saturated rings. The summed E-state index contributed by atoms with van der Waals surface area (Å²) in [4.78, 5) is 2.69. The molecule has 2 nitrogen and oxygen atoms in total. The van der Waals surface area contributed by atoms with Crippen LogP contribution in [0.1, 0.15) is 24.0 Å². The fraction of sp³-hybridized carbons (Fsp3) is 0.263. The van der Waals surface area contributed by atoms with Gasteiger partial charge in [-0.2, -0.15) is 13.2 Å². The lowest BCUT2D eigenvalue weighted by atomic mass is 9.99. The van der Waals surface area contributed by atoms with Gasteiger partial charge in [-0.15, -0.1) is 0 Å². The summed E-state index contributed by atoms with van der Waals surface area (Å²) in [5.74, 6) is -1.64. The third-order valence-corrected chi connectivity index (χ3v) is 4.71. The first kappa shape index (κ1) is 19.6. The lowest BCUT2D eigenvalue weighted by Crippen LogP contribution is -2.05. The summed E-state index contributed by atoms with van der Waals surface area (Å²) in [6.45, 7) is 0.421. The Labute approximate surface area is 157 Å². The van der Waals surface area contributed by atoms with E-state index in [1.165, 1.54) is 12.1 Å². The highest BCUT2D eigenvalue weighted by molar-refractivity contribution is 6.36. The van der Waals surface area contributed by atoms with E-state index in [2.05, 4.69) is 4.98 Å². The van der Waals surface area contributed by atoms with E-state index in [-0.39, 0.29) is 27.2 Å². The lowest BCUT2D eigenvalue weighted by Gasteiger charge is -2.09. The Morgan fingerprint density at radius 3 is 2.41 bits per heavy atom. The fourth-order valence-electron chi connectivity index (χ4n) is 3.18. The Bertz CT molecular complexity index is 978. The van der Waals surface area contributed by atoms with E-state index in [9.17, 15) is 22.0 Å². The SMILES string of the molecule is NCCCCc1c(-c2ccc(F)cc2F)[nH]c2c(C(F)(F)F)ccc(Cl)c12. The molecule has 0 saturated carbocycles. The highest BCUT2D eigenvalue weighted by atomic mass is 35.5. The minimum atomic E-state index is -4.61. The monoisotopic (exact) mass is 402 g/mol. The second kappa shape index (κ2) is 7.48. The van der Waals surface area contributed by atoms with Crippen LogP contribution >= 0.6 is 11.6 Å². The number of aryl methyl sites for hydroxylation is 1. The van der Waals surface area contributed by atoms with E-state index in [0.29, 0.717) is 37.4 Å². The number of nitrogens with one attached hydrogen (secondary N) is 1. The van der Waals surface area contributed by atoms with Crippen molar-refractivity contribution in [1.29, 1.82) is 0 Å². The maximum Gasteiger partial charge on any atom is 0.418 e. The predicted molar refractivity (Wildman–Crippen MR) is 95.7 cm³/mol. The molecule has 3 rings (SSSR count). The summed E-state index contributed by atoms with van der Waals surface area (Å²) in [6.07, 6.45) is -3.02. The number of H-pyrrole nitrogens is 1. The van der Waals surface area contributed by atoms with Gasteiger partial charge in [0.1, 0.15) is 11.6 Å². The average Bonchev–Trinajstić information content (AvgIpc) is 2.94. The third-order valence-electron chi connectivity index (χ3n) is 4.39. The van der Waals surface area contributed by atoms with Crippen LogP contribution in [0.25, 0.3) is 22.2 Å². The zero-order valence-electron chi connectivity index (χ0n) is 14.1. The smallest absolute Gasteiger partial charge is 0.354 e. The van der Waals surface area contributed by atoms with Crippen molar-refractivity contribution < 1.29 is 22.0 Å². The topological polar surface area (TPSA) is 41.8 Å². The molecule has 0 radical (unpaired) electrons. The minimum absolute atomic E-state index is 0.0143. The average molecular weight is 403 g/mol. The van der Waals surface area contributed by atoms with E-state index in [0.717, 1.165) is 12.1 Å². The van der Waals surface area contributed by atoms with Gasteiger partial charge in [-0.25, -0.2) is 8.78 Å². The first-order valence-corrected chi connectivity index (χ1v) is 8.67. The molecule has 27 heavy (non-hydrogen) atoms. The van der Waals surface area contributed by atoms with E-state index in [4.69, 9.17) is 17.3 Å². The number of halogens is 6. The Morgan fingerprint density at radius 2 is 1.78 bits per heavy atom. The zero-order chi connectivity index (χ0) is 19.8. The van der Waals surface area contributed by atoms with Gasteiger partial charge in [-0.1, -0.05) is 11.6 Å². The molecule has 0 unspecified atom stereocenters. The highest BCUT2D eigenvalue weighted by Crippen LogP contribution is 2.42. The summed E-state index contributed by atoms with van der Waals surface area (Å²) in [5.41, 5.74) is 5.00. The van der Waals surface area contributed by atoms with E-state index >= 15 is 0 Å². The summed E-state index contributed by atoms with van der Waals surface area (Å²) in [6, 6.07) is 5.01. The Balaban J connectivity index is 2.31. The molecule has 2 aromatic carbocycles. The number of alkyl halides is 3. The first-order valence-electron chi connectivity index (χ1n) is 8.29. The van der Waals surface area contributed by atoms with Crippen molar-refractivity contribution in [3.05, 3.63) is 58.1 Å². The molecule has 1 aromatic heterocycles. The molecule has 0 spiro atoms. The molecule has 0 aliphatic heterocycles. The number of unbranched alkanes of at least 4 members (excludes halogenated alkanes) is 1. The van der Waals surface area contributed by atoms with Gasteiger partial charge in [-0.05, 0) is 55.6 Å². The fourth-order valence-corrected chi connectivity index (χ4v) is 3.45. The minimum Gasteiger partial charge on any atom is -0.354 e. The van der Waals surface area contributed by atoms with Gasteiger partial charge in [0.05, 0.1) is 21.8 Å². The molecular formula is C19H16ClF5N2. The van der Waals surface area contributed by atoms with Crippen LogP contribution in [-0.4, -0.2) is 11.5 Å². The number of hydrogen-bond acceptors (Lipinski definition) is 1. The summed E-state index contributed by atoms with van der Waals surface area (Å²) >= 11 is 6.20. The number of fused-ring (bicyclic) bond motifs is 1. The molecule has 1 heterocycles. The standard InChI is InChI=1S/C19H16ClF5N2/c20-14-7-6-13(19(23,24)25)18-16(14)12(3-1-2-8-26)17(27-18)11-5-4-10(21)9-15(11)22/h4-7,9,27H,1-3,8,26H2. The molecular weight excluding hydrogens is 387 g/mol. The molecule has 0 aliphatic rings. The maximum atomic E-state index is 14.3. The molecule has 0 bridgehead atoms. The molecule has 3 N–H and O–H groups in total. The van der Waals surface area contributed by atoms with E-state index in [1.54, 1.807) is 0 Å². The van der Waals surface area contributed by atoms with Crippen molar-refractivity contribution >= 4 is 22.5 Å². The van der Waals surface area contributed by atoms with Gasteiger partial charge in [0, 0.05) is 17.0 Å². The van der Waals surface area contributed by atoms with Gasteiger partial charge in [-0.3, -0.25) is 0 Å². The van der Waals surface area contributed by atoms with Crippen LogP contribution in [0.2, 0.25) is 5.02 Å². The van der Waals surface area contributed by atoms with Crippen molar-refractivity contribution in [2.45, 2.75) is 25.4 Å². The molecule has 0 aliphatic carbocycles. The zero-order valence-corrected chi connectivity index (χ0v) is 14.8. The van der Waals surface area contributed by atoms with Crippen LogP contribution in [0.4, 0.5) is 22.0 Å². The molecule has 0 saturated heterocycles. The number of hydrogen-bond donors (Lipinski definition) is 2. The normalized spacial score (nSPS) is 12.1. The van der Waals surface area contributed by atoms with Gasteiger partial charge < -0.3 is 10.7 Å². The lowest BCUT2D eigenvalue weighted by molar-refractivity contribution is -0.136. The number of aromatic amines is 1. The van der Waals surface area contributed by atoms with Gasteiger partial charge >= 0.3 is 6.18 Å². The number of benzene rings is 2. The largest absolute Gasteiger partial charge is 0.418 e. The molecule has 8 heteroatoms.